The van der Waals surface area contributed by atoms with Crippen LogP contribution in [0, 0.1) is 10.1 Å². The first kappa shape index (κ1) is 21.3. The fourth-order valence-corrected chi connectivity index (χ4v) is 4.28. The second-order valence-corrected chi connectivity index (χ2v) is 9.54. The molecule has 9 nitrogen and oxygen atoms in total. The van der Waals surface area contributed by atoms with Crippen LogP contribution in [0.4, 0.5) is 5.69 Å². The van der Waals surface area contributed by atoms with Gasteiger partial charge in [0, 0.05) is 43.9 Å². The van der Waals surface area contributed by atoms with Crippen LogP contribution in [0.3, 0.4) is 0 Å². The third-order valence-corrected chi connectivity index (χ3v) is 6.30. The maximum Gasteiger partial charge on any atom is 0.269 e. The summed E-state index contributed by atoms with van der Waals surface area (Å²) in [6.07, 6.45) is 0. The van der Waals surface area contributed by atoms with Crippen LogP contribution in [-0.2, 0) is 14.8 Å². The third kappa shape index (κ3) is 5.24. The summed E-state index contributed by atoms with van der Waals surface area (Å²) < 4.78 is 26.8. The van der Waals surface area contributed by atoms with Crippen molar-refractivity contribution in [3.8, 4) is 0 Å². The van der Waals surface area contributed by atoms with E-state index < -0.39 is 14.9 Å². The van der Waals surface area contributed by atoms with Crippen molar-refractivity contribution in [3.05, 3.63) is 34.4 Å². The van der Waals surface area contributed by atoms with Crippen LogP contribution >= 0.6 is 0 Å². The van der Waals surface area contributed by atoms with Gasteiger partial charge in [0.05, 0.1) is 15.9 Å². The lowest BCUT2D eigenvalue weighted by atomic mass is 10.1. The molecule has 0 unspecified atom stereocenters. The molecular formula is C17H26N4O5S. The number of carbonyl (C=O) groups is 1. The number of carbonyl (C=O) groups excluding carboxylic acids is 1. The minimum Gasteiger partial charge on any atom is -0.350 e. The summed E-state index contributed by atoms with van der Waals surface area (Å²) in [4.78, 5) is 24.4. The van der Waals surface area contributed by atoms with Crippen molar-refractivity contribution in [1.29, 1.82) is 0 Å². The molecule has 1 amide bonds. The van der Waals surface area contributed by atoms with Gasteiger partial charge in [-0.25, -0.2) is 8.42 Å². The highest BCUT2D eigenvalue weighted by atomic mass is 32.2. The van der Waals surface area contributed by atoms with E-state index in [0.717, 1.165) is 0 Å². The Labute approximate surface area is 159 Å². The van der Waals surface area contributed by atoms with Crippen LogP contribution in [0.1, 0.15) is 27.7 Å². The standard InChI is InChI=1S/C17H26N4O5S/c1-13(16(22)18-17(2,3)4)19-9-11-20(12-10-19)27(25,26)15-7-5-14(6-8-15)21(23)24/h5-8,13H,9-12H2,1-4H3,(H,18,22)/t13-/m0/s1. The average molecular weight is 398 g/mol. The smallest absolute Gasteiger partial charge is 0.269 e. The number of benzene rings is 1. The fraction of sp³-hybridized carbons (Fsp3) is 0.588. The highest BCUT2D eigenvalue weighted by Crippen LogP contribution is 2.21. The normalized spacial score (nSPS) is 18.1. The molecule has 10 heteroatoms. The molecule has 150 valence electrons. The van der Waals surface area contributed by atoms with E-state index in [4.69, 9.17) is 0 Å². The Morgan fingerprint density at radius 1 is 1.15 bits per heavy atom. The first-order valence-corrected chi connectivity index (χ1v) is 10.2. The number of rotatable bonds is 5. The van der Waals surface area contributed by atoms with Gasteiger partial charge in [-0.15, -0.1) is 0 Å². The molecule has 1 aliphatic heterocycles. The molecule has 1 atom stereocenters. The summed E-state index contributed by atoms with van der Waals surface area (Å²) in [6, 6.07) is 4.51. The van der Waals surface area contributed by atoms with E-state index in [1.165, 1.54) is 28.6 Å². The Balaban J connectivity index is 2.01. The molecule has 1 saturated heterocycles. The summed E-state index contributed by atoms with van der Waals surface area (Å²) >= 11 is 0. The zero-order valence-electron chi connectivity index (χ0n) is 16.0. The lowest BCUT2D eigenvalue weighted by Gasteiger charge is -2.37. The number of hydrogen-bond acceptors (Lipinski definition) is 6. The number of amides is 1. The second-order valence-electron chi connectivity index (χ2n) is 7.61. The Morgan fingerprint density at radius 3 is 2.11 bits per heavy atom. The summed E-state index contributed by atoms with van der Waals surface area (Å²) in [7, 11) is -3.72. The molecule has 0 spiro atoms. The SMILES string of the molecule is C[C@@H](C(=O)NC(C)(C)C)N1CCN(S(=O)(=O)c2ccc([N+](=O)[O-])cc2)CC1. The topological polar surface area (TPSA) is 113 Å². The van der Waals surface area contributed by atoms with E-state index in [1.54, 1.807) is 0 Å². The van der Waals surface area contributed by atoms with E-state index in [1.807, 2.05) is 32.6 Å². The first-order chi connectivity index (χ1) is 12.4. The molecule has 1 aliphatic rings. The summed E-state index contributed by atoms with van der Waals surface area (Å²) in [5.41, 5.74) is -0.482. The number of nitro groups is 1. The van der Waals surface area contributed by atoms with E-state index in [0.29, 0.717) is 13.1 Å². The van der Waals surface area contributed by atoms with E-state index in [-0.39, 0.29) is 41.2 Å². The highest BCUT2D eigenvalue weighted by molar-refractivity contribution is 7.89. The zero-order chi connectivity index (χ0) is 20.4. The Morgan fingerprint density at radius 2 is 1.67 bits per heavy atom. The van der Waals surface area contributed by atoms with Gasteiger partial charge >= 0.3 is 0 Å². The van der Waals surface area contributed by atoms with Crippen molar-refractivity contribution in [2.75, 3.05) is 26.2 Å². The molecule has 27 heavy (non-hydrogen) atoms. The molecule has 0 bridgehead atoms. The van der Waals surface area contributed by atoms with Crippen molar-refractivity contribution in [1.82, 2.24) is 14.5 Å². The molecule has 1 aromatic carbocycles. The summed E-state index contributed by atoms with van der Waals surface area (Å²) in [5, 5.41) is 13.6. The Kier molecular flexibility index (Phi) is 6.23. The molecular weight excluding hydrogens is 372 g/mol. The number of hydrogen-bond donors (Lipinski definition) is 1. The van der Waals surface area contributed by atoms with Crippen LogP contribution in [0.5, 0.6) is 0 Å². The zero-order valence-corrected chi connectivity index (χ0v) is 16.8. The molecule has 1 aromatic rings. The highest BCUT2D eigenvalue weighted by Gasteiger charge is 2.32. The van der Waals surface area contributed by atoms with Crippen molar-refractivity contribution in [3.63, 3.8) is 0 Å². The maximum atomic E-state index is 12.7. The predicted octanol–water partition coefficient (Wildman–Crippen LogP) is 1.20. The van der Waals surface area contributed by atoms with Gasteiger partial charge in [0.15, 0.2) is 0 Å². The van der Waals surface area contributed by atoms with Crippen molar-refractivity contribution in [2.45, 2.75) is 44.2 Å². The number of nitrogens with zero attached hydrogens (tertiary/aromatic N) is 3. The van der Waals surface area contributed by atoms with Gasteiger partial charge in [-0.3, -0.25) is 19.8 Å². The van der Waals surface area contributed by atoms with Gasteiger partial charge in [-0.1, -0.05) is 0 Å². The number of piperazine rings is 1. The lowest BCUT2D eigenvalue weighted by Crippen LogP contribution is -2.56. The predicted molar refractivity (Wildman–Crippen MR) is 101 cm³/mol. The van der Waals surface area contributed by atoms with Crippen LogP contribution in [-0.4, -0.2) is 66.2 Å². The van der Waals surface area contributed by atoms with Gasteiger partial charge in [0.2, 0.25) is 15.9 Å². The van der Waals surface area contributed by atoms with E-state index in [9.17, 15) is 23.3 Å². The molecule has 2 rings (SSSR count). The van der Waals surface area contributed by atoms with Gasteiger partial charge < -0.3 is 5.32 Å². The van der Waals surface area contributed by atoms with Gasteiger partial charge in [0.1, 0.15) is 0 Å². The minimum atomic E-state index is -3.72. The molecule has 1 fully saturated rings. The van der Waals surface area contributed by atoms with Crippen molar-refractivity contribution < 1.29 is 18.1 Å². The molecule has 0 saturated carbocycles. The molecule has 0 aliphatic carbocycles. The third-order valence-electron chi connectivity index (χ3n) is 4.38. The fourth-order valence-electron chi connectivity index (χ4n) is 2.86. The van der Waals surface area contributed by atoms with Crippen molar-refractivity contribution in [2.24, 2.45) is 0 Å². The van der Waals surface area contributed by atoms with Crippen LogP contribution in [0.15, 0.2) is 29.2 Å². The average Bonchev–Trinajstić information content (AvgIpc) is 2.59. The van der Waals surface area contributed by atoms with Gasteiger partial charge in [-0.2, -0.15) is 4.31 Å². The molecule has 0 aromatic heterocycles. The Hall–Kier alpha value is -2.04. The largest absolute Gasteiger partial charge is 0.350 e. The van der Waals surface area contributed by atoms with Gasteiger partial charge in [0.25, 0.3) is 5.69 Å². The minimum absolute atomic E-state index is 0.0278. The van der Waals surface area contributed by atoms with Crippen LogP contribution < -0.4 is 5.32 Å². The van der Waals surface area contributed by atoms with Crippen LogP contribution in [0.25, 0.3) is 0 Å². The van der Waals surface area contributed by atoms with Crippen LogP contribution in [0.2, 0.25) is 0 Å². The second kappa shape index (κ2) is 7.91. The quantitative estimate of drug-likeness (QED) is 0.589. The van der Waals surface area contributed by atoms with E-state index in [2.05, 4.69) is 5.32 Å². The maximum absolute atomic E-state index is 12.7. The van der Waals surface area contributed by atoms with E-state index >= 15 is 0 Å². The van der Waals surface area contributed by atoms with Gasteiger partial charge in [-0.05, 0) is 39.8 Å². The summed E-state index contributed by atoms with van der Waals surface area (Å²) in [5.74, 6) is -0.0887. The van der Waals surface area contributed by atoms with Crippen molar-refractivity contribution >= 4 is 21.6 Å². The number of nitro benzene ring substituents is 1. The molecule has 1 N–H and O–H groups in total. The summed E-state index contributed by atoms with van der Waals surface area (Å²) in [6.45, 7) is 8.92. The Bertz CT molecular complexity index is 794. The first-order valence-electron chi connectivity index (χ1n) is 8.72. The monoisotopic (exact) mass is 398 g/mol. The number of nitrogens with one attached hydrogen (secondary N) is 1. The molecule has 1 heterocycles. The lowest BCUT2D eigenvalue weighted by molar-refractivity contribution is -0.384. The molecule has 0 radical (unpaired) electrons. The number of sulfonamides is 1. The number of non-ortho nitro benzene ring substituents is 1.